The summed E-state index contributed by atoms with van der Waals surface area (Å²) in [4.78, 5) is 16.0. The molecular formula is C13H23ClN2O2. The number of halogens is 1. The second-order valence-electron chi connectivity index (χ2n) is 5.49. The first-order valence-electron chi connectivity index (χ1n) is 6.93. The predicted molar refractivity (Wildman–Crippen MR) is 71.7 cm³/mol. The Labute approximate surface area is 114 Å². The lowest BCUT2D eigenvalue weighted by atomic mass is 10.1. The Morgan fingerprint density at radius 1 is 1.28 bits per heavy atom. The summed E-state index contributed by atoms with van der Waals surface area (Å²) >= 11 is 5.80. The summed E-state index contributed by atoms with van der Waals surface area (Å²) < 4.78 is 0. The average molecular weight is 275 g/mol. The van der Waals surface area contributed by atoms with Crippen molar-refractivity contribution in [1.29, 1.82) is 0 Å². The largest absolute Gasteiger partial charge is 0.393 e. The van der Waals surface area contributed by atoms with Crippen molar-refractivity contribution < 1.29 is 9.90 Å². The van der Waals surface area contributed by atoms with Crippen LogP contribution in [0.5, 0.6) is 0 Å². The first-order chi connectivity index (χ1) is 8.69. The van der Waals surface area contributed by atoms with Crippen LogP contribution in [0.3, 0.4) is 0 Å². The number of carbonyl (C=O) groups excluding carboxylic acids is 1. The molecule has 2 heterocycles. The molecule has 0 aromatic carbocycles. The molecule has 1 atom stereocenters. The lowest BCUT2D eigenvalue weighted by molar-refractivity contribution is -0.127. The Kier molecular flexibility index (Phi) is 5.27. The fourth-order valence-electron chi connectivity index (χ4n) is 2.80. The quantitative estimate of drug-likeness (QED) is 0.759. The number of likely N-dealkylation sites (tertiary alicyclic amines) is 2. The van der Waals surface area contributed by atoms with Gasteiger partial charge in [0.15, 0.2) is 0 Å². The molecule has 0 aromatic heterocycles. The fourth-order valence-corrected chi connectivity index (χ4v) is 3.01. The van der Waals surface area contributed by atoms with Crippen LogP contribution in [-0.4, -0.2) is 65.5 Å². The molecule has 4 nitrogen and oxygen atoms in total. The van der Waals surface area contributed by atoms with Crippen molar-refractivity contribution in [2.45, 2.75) is 31.8 Å². The van der Waals surface area contributed by atoms with Crippen molar-refractivity contribution in [2.24, 2.45) is 5.92 Å². The molecule has 18 heavy (non-hydrogen) atoms. The number of aliphatic hydroxyl groups is 1. The number of hydrogen-bond acceptors (Lipinski definition) is 3. The Morgan fingerprint density at radius 3 is 2.61 bits per heavy atom. The van der Waals surface area contributed by atoms with E-state index < -0.39 is 0 Å². The lowest BCUT2D eigenvalue weighted by Crippen LogP contribution is -2.37. The summed E-state index contributed by atoms with van der Waals surface area (Å²) in [5, 5.41) is 9.42. The summed E-state index contributed by atoms with van der Waals surface area (Å²) in [5.41, 5.74) is 0. The minimum atomic E-state index is -0.106. The van der Waals surface area contributed by atoms with Crippen molar-refractivity contribution in [3.63, 3.8) is 0 Å². The summed E-state index contributed by atoms with van der Waals surface area (Å²) in [7, 11) is 0. The number of piperidine rings is 1. The molecule has 2 saturated heterocycles. The lowest BCUT2D eigenvalue weighted by Gasteiger charge is -2.30. The van der Waals surface area contributed by atoms with Gasteiger partial charge >= 0.3 is 0 Å². The van der Waals surface area contributed by atoms with Crippen LogP contribution in [0.25, 0.3) is 0 Å². The molecule has 0 bridgehead atoms. The Bertz CT molecular complexity index is 280. The van der Waals surface area contributed by atoms with E-state index in [2.05, 4.69) is 4.90 Å². The summed E-state index contributed by atoms with van der Waals surface area (Å²) in [5.74, 6) is 1.20. The summed E-state index contributed by atoms with van der Waals surface area (Å²) in [6.45, 7) is 4.69. The molecule has 2 aliphatic rings. The SMILES string of the molecule is O=C1CC(CCl)CN1CCCN1CCC(O)CC1. The van der Waals surface area contributed by atoms with Crippen molar-refractivity contribution >= 4 is 17.5 Å². The molecule has 0 saturated carbocycles. The van der Waals surface area contributed by atoms with Gasteiger partial charge in [-0.05, 0) is 31.7 Å². The van der Waals surface area contributed by atoms with Gasteiger partial charge < -0.3 is 14.9 Å². The van der Waals surface area contributed by atoms with Crippen molar-refractivity contribution in [1.82, 2.24) is 9.80 Å². The second kappa shape index (κ2) is 6.73. The number of aliphatic hydroxyl groups excluding tert-OH is 1. The molecule has 5 heteroatoms. The monoisotopic (exact) mass is 274 g/mol. The van der Waals surface area contributed by atoms with Gasteiger partial charge in [-0.1, -0.05) is 0 Å². The first-order valence-corrected chi connectivity index (χ1v) is 7.46. The third-order valence-corrected chi connectivity index (χ3v) is 4.41. The zero-order valence-electron chi connectivity index (χ0n) is 10.9. The van der Waals surface area contributed by atoms with Crippen LogP contribution in [0.2, 0.25) is 0 Å². The predicted octanol–water partition coefficient (Wildman–Crippen LogP) is 0.921. The highest BCUT2D eigenvalue weighted by molar-refractivity contribution is 6.18. The van der Waals surface area contributed by atoms with E-state index in [1.807, 2.05) is 4.90 Å². The van der Waals surface area contributed by atoms with E-state index in [1.165, 1.54) is 0 Å². The Morgan fingerprint density at radius 2 is 2.00 bits per heavy atom. The molecule has 0 radical (unpaired) electrons. The van der Waals surface area contributed by atoms with Gasteiger partial charge in [-0.3, -0.25) is 4.79 Å². The Balaban J connectivity index is 1.62. The van der Waals surface area contributed by atoms with Gasteiger partial charge in [0.05, 0.1) is 6.10 Å². The van der Waals surface area contributed by atoms with Gasteiger partial charge in [0.1, 0.15) is 0 Å². The summed E-state index contributed by atoms with van der Waals surface area (Å²) in [6, 6.07) is 0. The van der Waals surface area contributed by atoms with E-state index in [9.17, 15) is 9.90 Å². The molecule has 2 aliphatic heterocycles. The number of rotatable bonds is 5. The maximum atomic E-state index is 11.7. The van der Waals surface area contributed by atoms with Crippen LogP contribution in [0.4, 0.5) is 0 Å². The van der Waals surface area contributed by atoms with Crippen molar-refractivity contribution in [2.75, 3.05) is 38.6 Å². The van der Waals surface area contributed by atoms with Crippen molar-refractivity contribution in [3.8, 4) is 0 Å². The van der Waals surface area contributed by atoms with Gasteiger partial charge in [0, 0.05) is 38.5 Å². The number of hydrogen-bond donors (Lipinski definition) is 1. The van der Waals surface area contributed by atoms with E-state index in [0.717, 1.165) is 52.0 Å². The number of amides is 1. The standard InChI is InChI=1S/C13H23ClN2O2/c14-9-11-8-13(18)16(10-11)5-1-4-15-6-2-12(17)3-7-15/h11-12,17H,1-10H2. The molecule has 0 spiro atoms. The Hall–Kier alpha value is -0.320. The third-order valence-electron chi connectivity index (χ3n) is 3.97. The molecule has 1 amide bonds. The van der Waals surface area contributed by atoms with E-state index in [-0.39, 0.29) is 12.0 Å². The highest BCUT2D eigenvalue weighted by Gasteiger charge is 2.28. The molecule has 104 valence electrons. The molecule has 1 N–H and O–H groups in total. The van der Waals surface area contributed by atoms with Gasteiger partial charge in [0.2, 0.25) is 5.91 Å². The zero-order chi connectivity index (χ0) is 13.0. The van der Waals surface area contributed by atoms with Crippen LogP contribution in [0.1, 0.15) is 25.7 Å². The molecular weight excluding hydrogens is 252 g/mol. The topological polar surface area (TPSA) is 43.8 Å². The third kappa shape index (κ3) is 3.84. The molecule has 0 aromatic rings. The highest BCUT2D eigenvalue weighted by Crippen LogP contribution is 2.19. The van der Waals surface area contributed by atoms with Crippen LogP contribution in [0.15, 0.2) is 0 Å². The maximum absolute atomic E-state index is 11.7. The van der Waals surface area contributed by atoms with E-state index >= 15 is 0 Å². The van der Waals surface area contributed by atoms with Gasteiger partial charge in [-0.25, -0.2) is 0 Å². The molecule has 1 unspecified atom stereocenters. The van der Waals surface area contributed by atoms with Gasteiger partial charge in [-0.15, -0.1) is 11.6 Å². The minimum Gasteiger partial charge on any atom is -0.393 e. The number of nitrogens with zero attached hydrogens (tertiary/aromatic N) is 2. The molecule has 2 rings (SSSR count). The van der Waals surface area contributed by atoms with Crippen LogP contribution in [0, 0.1) is 5.92 Å². The molecule has 0 aliphatic carbocycles. The smallest absolute Gasteiger partial charge is 0.222 e. The van der Waals surface area contributed by atoms with Crippen molar-refractivity contribution in [3.05, 3.63) is 0 Å². The van der Waals surface area contributed by atoms with E-state index in [4.69, 9.17) is 11.6 Å². The minimum absolute atomic E-state index is 0.106. The maximum Gasteiger partial charge on any atom is 0.222 e. The second-order valence-corrected chi connectivity index (χ2v) is 5.80. The van der Waals surface area contributed by atoms with E-state index in [1.54, 1.807) is 0 Å². The molecule has 2 fully saturated rings. The average Bonchev–Trinajstić information content (AvgIpc) is 2.73. The van der Waals surface area contributed by atoms with Crippen LogP contribution in [-0.2, 0) is 4.79 Å². The highest BCUT2D eigenvalue weighted by atomic mass is 35.5. The number of carbonyl (C=O) groups is 1. The van der Waals surface area contributed by atoms with Gasteiger partial charge in [0.25, 0.3) is 0 Å². The first kappa shape index (κ1) is 14.1. The number of alkyl halides is 1. The zero-order valence-corrected chi connectivity index (χ0v) is 11.6. The summed E-state index contributed by atoms with van der Waals surface area (Å²) in [6.07, 6.45) is 3.32. The van der Waals surface area contributed by atoms with Crippen LogP contribution >= 0.6 is 11.6 Å². The van der Waals surface area contributed by atoms with Crippen LogP contribution < -0.4 is 0 Å². The fraction of sp³-hybridized carbons (Fsp3) is 0.923. The van der Waals surface area contributed by atoms with Gasteiger partial charge in [-0.2, -0.15) is 0 Å². The normalized spacial score (nSPS) is 27.1. The van der Waals surface area contributed by atoms with E-state index in [0.29, 0.717) is 18.2 Å².